The van der Waals surface area contributed by atoms with Crippen molar-refractivity contribution < 1.29 is 14.3 Å². The van der Waals surface area contributed by atoms with Gasteiger partial charge in [0.1, 0.15) is 17.4 Å². The standard InChI is InChI=1S/C36H45NO3/c1-34-19-20-36(22-27(34)13-14-28-29-15-16-32(38)35(29,2)18-17-30(28)34)24-37(23-26-11-7-4-8-12-26)31(33(39)40-36)21-25-9-5-3-6-10-25/h3-12,27-31H,13-24H2,1-2H3/t27?,28?,29?,30?,31-,34-,35-,36+/m0/s1. The highest BCUT2D eigenvalue weighted by atomic mass is 16.6. The number of carbonyl (C=O) groups excluding carboxylic acids is 2. The smallest absolute Gasteiger partial charge is 0.324 e. The highest BCUT2D eigenvalue weighted by Crippen LogP contribution is 2.66. The lowest BCUT2D eigenvalue weighted by molar-refractivity contribution is -0.208. The van der Waals surface area contributed by atoms with Crippen LogP contribution in [0, 0.1) is 34.5 Å². The van der Waals surface area contributed by atoms with Crippen molar-refractivity contribution in [1.82, 2.24) is 4.90 Å². The van der Waals surface area contributed by atoms with Gasteiger partial charge in [0, 0.05) is 24.9 Å². The molecule has 0 bridgehead atoms. The van der Waals surface area contributed by atoms with Crippen molar-refractivity contribution in [2.24, 2.45) is 34.5 Å². The van der Waals surface area contributed by atoms with E-state index in [1.807, 2.05) is 6.07 Å². The number of hydrogen-bond acceptors (Lipinski definition) is 4. The summed E-state index contributed by atoms with van der Waals surface area (Å²) in [4.78, 5) is 29.1. The van der Waals surface area contributed by atoms with E-state index in [2.05, 4.69) is 73.3 Å². The van der Waals surface area contributed by atoms with Crippen molar-refractivity contribution >= 4 is 11.8 Å². The summed E-state index contributed by atoms with van der Waals surface area (Å²) >= 11 is 0. The SMILES string of the molecule is C[C@]12CC[C@@]3(CC1CCC1C2CC[C@]2(C)C(=O)CCC12)CN(Cc1ccccc1)[C@@H](Cc1ccccc1)C(=O)O3. The van der Waals surface area contributed by atoms with Gasteiger partial charge in [-0.05, 0) is 98.0 Å². The maximum absolute atomic E-state index is 13.8. The molecule has 4 nitrogen and oxygen atoms in total. The summed E-state index contributed by atoms with van der Waals surface area (Å²) in [7, 11) is 0. The van der Waals surface area contributed by atoms with Crippen molar-refractivity contribution in [1.29, 1.82) is 0 Å². The Labute approximate surface area is 239 Å². The molecule has 4 aliphatic carbocycles. The van der Waals surface area contributed by atoms with Gasteiger partial charge in [0.15, 0.2) is 0 Å². The van der Waals surface area contributed by atoms with Gasteiger partial charge in [-0.2, -0.15) is 0 Å². The molecule has 0 radical (unpaired) electrons. The van der Waals surface area contributed by atoms with Gasteiger partial charge >= 0.3 is 5.97 Å². The number of esters is 1. The number of ether oxygens (including phenoxy) is 1. The second kappa shape index (κ2) is 9.82. The summed E-state index contributed by atoms with van der Waals surface area (Å²) in [6, 6.07) is 20.7. The first-order chi connectivity index (χ1) is 19.3. The fourth-order valence-corrected chi connectivity index (χ4v) is 10.3. The summed E-state index contributed by atoms with van der Waals surface area (Å²) < 4.78 is 6.57. The molecule has 40 heavy (non-hydrogen) atoms. The van der Waals surface area contributed by atoms with E-state index in [9.17, 15) is 9.59 Å². The van der Waals surface area contributed by atoms with E-state index in [0.717, 1.165) is 51.6 Å². The number of ketones is 1. The third-order valence-corrected chi connectivity index (χ3v) is 12.5. The fraction of sp³-hybridized carbons (Fsp3) is 0.611. The van der Waals surface area contributed by atoms with E-state index in [0.29, 0.717) is 41.3 Å². The molecule has 0 aromatic heterocycles. The summed E-state index contributed by atoms with van der Waals surface area (Å²) in [5.41, 5.74) is 2.28. The van der Waals surface area contributed by atoms with E-state index in [1.165, 1.54) is 30.4 Å². The number of fused-ring (bicyclic) bond motifs is 5. The molecule has 0 N–H and O–H groups in total. The van der Waals surface area contributed by atoms with Crippen LogP contribution in [0.4, 0.5) is 0 Å². The fourth-order valence-electron chi connectivity index (χ4n) is 10.3. The van der Waals surface area contributed by atoms with Gasteiger partial charge in [-0.1, -0.05) is 74.5 Å². The number of benzene rings is 2. The zero-order chi connectivity index (χ0) is 27.5. The molecule has 5 aliphatic rings. The second-order valence-corrected chi connectivity index (χ2v) is 14.5. The van der Waals surface area contributed by atoms with Crippen LogP contribution in [0.3, 0.4) is 0 Å². The van der Waals surface area contributed by atoms with Crippen LogP contribution in [0.2, 0.25) is 0 Å². The van der Waals surface area contributed by atoms with Crippen LogP contribution >= 0.6 is 0 Å². The van der Waals surface area contributed by atoms with Crippen LogP contribution in [-0.2, 0) is 27.3 Å². The molecular weight excluding hydrogens is 494 g/mol. The number of nitrogens with zero attached hydrogens (tertiary/aromatic N) is 1. The lowest BCUT2D eigenvalue weighted by atomic mass is 9.44. The van der Waals surface area contributed by atoms with Crippen LogP contribution in [0.5, 0.6) is 0 Å². The Hall–Kier alpha value is -2.46. The average Bonchev–Trinajstić information content (AvgIpc) is 3.26. The van der Waals surface area contributed by atoms with Crippen LogP contribution in [0.1, 0.15) is 82.8 Å². The van der Waals surface area contributed by atoms with Crippen molar-refractivity contribution in [3.8, 4) is 0 Å². The highest BCUT2D eigenvalue weighted by molar-refractivity contribution is 5.87. The first-order valence-corrected chi connectivity index (χ1v) is 15.9. The average molecular weight is 540 g/mol. The number of hydrogen-bond donors (Lipinski definition) is 0. The van der Waals surface area contributed by atoms with Gasteiger partial charge in [0.2, 0.25) is 0 Å². The number of Topliss-reactive ketones (excluding diaryl/α,β-unsaturated/α-hetero) is 1. The van der Waals surface area contributed by atoms with Crippen molar-refractivity contribution in [3.05, 3.63) is 71.8 Å². The Balaban J connectivity index is 1.13. The highest BCUT2D eigenvalue weighted by Gasteiger charge is 2.62. The van der Waals surface area contributed by atoms with Crippen molar-refractivity contribution in [2.75, 3.05) is 6.54 Å². The minimum atomic E-state index is -0.386. The maximum atomic E-state index is 13.8. The number of carbonyl (C=O) groups is 2. The van der Waals surface area contributed by atoms with E-state index in [4.69, 9.17) is 4.74 Å². The van der Waals surface area contributed by atoms with E-state index in [1.54, 1.807) is 0 Å². The van der Waals surface area contributed by atoms with Crippen LogP contribution < -0.4 is 0 Å². The number of morpholine rings is 1. The molecule has 2 aromatic rings. The van der Waals surface area contributed by atoms with Crippen LogP contribution in [0.25, 0.3) is 0 Å². The predicted molar refractivity (Wildman–Crippen MR) is 156 cm³/mol. The van der Waals surface area contributed by atoms with Gasteiger partial charge < -0.3 is 4.74 Å². The van der Waals surface area contributed by atoms with Crippen molar-refractivity contribution in [3.63, 3.8) is 0 Å². The van der Waals surface area contributed by atoms with Gasteiger partial charge in [0.25, 0.3) is 0 Å². The molecule has 1 spiro atoms. The Morgan fingerprint density at radius 2 is 1.55 bits per heavy atom. The van der Waals surface area contributed by atoms with Crippen LogP contribution in [-0.4, -0.2) is 34.8 Å². The Morgan fingerprint density at radius 1 is 0.825 bits per heavy atom. The molecule has 4 heteroatoms. The molecule has 4 unspecified atom stereocenters. The van der Waals surface area contributed by atoms with E-state index < -0.39 is 0 Å². The number of rotatable bonds is 4. The van der Waals surface area contributed by atoms with E-state index in [-0.39, 0.29) is 23.0 Å². The lowest BCUT2D eigenvalue weighted by Gasteiger charge is -2.62. The Morgan fingerprint density at radius 3 is 2.30 bits per heavy atom. The quantitative estimate of drug-likeness (QED) is 0.392. The second-order valence-electron chi connectivity index (χ2n) is 14.5. The first kappa shape index (κ1) is 26.4. The molecule has 2 aromatic carbocycles. The zero-order valence-corrected chi connectivity index (χ0v) is 24.3. The van der Waals surface area contributed by atoms with Crippen LogP contribution in [0.15, 0.2) is 60.7 Å². The molecule has 1 aliphatic heterocycles. The monoisotopic (exact) mass is 539 g/mol. The minimum absolute atomic E-state index is 0.0405. The van der Waals surface area contributed by atoms with Gasteiger partial charge in [-0.3, -0.25) is 14.5 Å². The topological polar surface area (TPSA) is 46.6 Å². The predicted octanol–water partition coefficient (Wildman–Crippen LogP) is 7.01. The van der Waals surface area contributed by atoms with Gasteiger partial charge in [-0.25, -0.2) is 0 Å². The third kappa shape index (κ3) is 4.28. The largest absolute Gasteiger partial charge is 0.457 e. The molecular formula is C36H45NO3. The minimum Gasteiger partial charge on any atom is -0.457 e. The summed E-state index contributed by atoms with van der Waals surface area (Å²) in [5.74, 6) is 3.06. The summed E-state index contributed by atoms with van der Waals surface area (Å²) in [6.07, 6.45) is 10.4. The van der Waals surface area contributed by atoms with Gasteiger partial charge in [0.05, 0.1) is 0 Å². The molecule has 1 heterocycles. The molecule has 5 fully saturated rings. The lowest BCUT2D eigenvalue weighted by Crippen LogP contribution is -2.64. The molecule has 1 saturated heterocycles. The molecule has 0 amide bonds. The Bertz CT molecular complexity index is 1260. The summed E-state index contributed by atoms with van der Waals surface area (Å²) in [6.45, 7) is 6.44. The molecule has 4 saturated carbocycles. The van der Waals surface area contributed by atoms with E-state index >= 15 is 0 Å². The third-order valence-electron chi connectivity index (χ3n) is 12.5. The molecule has 212 valence electrons. The van der Waals surface area contributed by atoms with Gasteiger partial charge in [-0.15, -0.1) is 0 Å². The Kier molecular flexibility index (Phi) is 6.49. The zero-order valence-electron chi connectivity index (χ0n) is 24.3. The van der Waals surface area contributed by atoms with Crippen molar-refractivity contribution in [2.45, 2.75) is 96.2 Å². The first-order valence-electron chi connectivity index (χ1n) is 15.9. The maximum Gasteiger partial charge on any atom is 0.324 e. The molecule has 8 atom stereocenters. The summed E-state index contributed by atoms with van der Waals surface area (Å²) in [5, 5.41) is 0. The normalized spacial score (nSPS) is 41.2. The molecule has 7 rings (SSSR count).